The molecule has 1 aromatic carbocycles. The maximum atomic E-state index is 11.7. The van der Waals surface area contributed by atoms with Crippen LogP contribution in [0.25, 0.3) is 0 Å². The Kier molecular flexibility index (Phi) is 11.7. The van der Waals surface area contributed by atoms with E-state index in [0.717, 1.165) is 24.4 Å². The summed E-state index contributed by atoms with van der Waals surface area (Å²) < 4.78 is 10.2. The van der Waals surface area contributed by atoms with E-state index in [-0.39, 0.29) is 18.3 Å². The summed E-state index contributed by atoms with van der Waals surface area (Å²) in [5.74, 6) is 0.894. The smallest absolute Gasteiger partial charge is 0.220 e. The fourth-order valence-electron chi connectivity index (χ4n) is 1.84. The third kappa shape index (κ3) is 8.55. The number of ether oxygens (including phenoxy) is 2. The van der Waals surface area contributed by atoms with Gasteiger partial charge in [0.05, 0.1) is 13.7 Å². The Balaban J connectivity index is 0.00000400. The Labute approximate surface area is 132 Å². The minimum atomic E-state index is 0. The topological polar surface area (TPSA) is 59.6 Å². The molecule has 0 aliphatic heterocycles. The first-order chi connectivity index (χ1) is 9.77. The van der Waals surface area contributed by atoms with Crippen molar-refractivity contribution in [1.29, 1.82) is 0 Å². The Morgan fingerprint density at radius 2 is 1.90 bits per heavy atom. The highest BCUT2D eigenvalue weighted by Gasteiger charge is 2.05. The zero-order valence-electron chi connectivity index (χ0n) is 12.7. The van der Waals surface area contributed by atoms with E-state index >= 15 is 0 Å². The fourth-order valence-corrected chi connectivity index (χ4v) is 1.84. The lowest BCUT2D eigenvalue weighted by Gasteiger charge is -2.09. The van der Waals surface area contributed by atoms with Gasteiger partial charge in [-0.2, -0.15) is 0 Å². The van der Waals surface area contributed by atoms with Gasteiger partial charge in [0.2, 0.25) is 5.91 Å². The van der Waals surface area contributed by atoms with Crippen LogP contribution >= 0.6 is 12.4 Å². The predicted molar refractivity (Wildman–Crippen MR) is 86.3 cm³/mol. The van der Waals surface area contributed by atoms with Crippen LogP contribution in [0.2, 0.25) is 0 Å². The van der Waals surface area contributed by atoms with Crippen molar-refractivity contribution in [2.75, 3.05) is 40.5 Å². The Morgan fingerprint density at radius 3 is 2.62 bits per heavy atom. The van der Waals surface area contributed by atoms with Crippen LogP contribution in [0.4, 0.5) is 0 Å². The van der Waals surface area contributed by atoms with Gasteiger partial charge in [0.25, 0.3) is 0 Å². The highest BCUT2D eigenvalue weighted by molar-refractivity contribution is 5.85. The standard InChI is InChI=1S/C15H24N2O3.ClH/c1-19-12-11-16-9-10-17-15(18)8-7-13-5-3-4-6-14(13)20-2;/h3-6,16H,7-12H2,1-2H3,(H,17,18);1H. The average Bonchev–Trinajstić information content (AvgIpc) is 2.49. The minimum absolute atomic E-state index is 0. The van der Waals surface area contributed by atoms with Crippen molar-refractivity contribution in [3.8, 4) is 5.75 Å². The molecular formula is C15H25ClN2O3. The largest absolute Gasteiger partial charge is 0.496 e. The van der Waals surface area contributed by atoms with Crippen LogP contribution in [0.5, 0.6) is 5.75 Å². The van der Waals surface area contributed by atoms with Crippen molar-refractivity contribution >= 4 is 18.3 Å². The van der Waals surface area contributed by atoms with E-state index in [2.05, 4.69) is 10.6 Å². The number of hydrogen-bond acceptors (Lipinski definition) is 4. The summed E-state index contributed by atoms with van der Waals surface area (Å²) in [5, 5.41) is 6.06. The SMILES string of the molecule is COCCNCCNC(=O)CCc1ccccc1OC.Cl. The van der Waals surface area contributed by atoms with E-state index in [0.29, 0.717) is 26.0 Å². The molecule has 0 saturated heterocycles. The van der Waals surface area contributed by atoms with Gasteiger partial charge in [-0.05, 0) is 18.1 Å². The first-order valence-corrected chi connectivity index (χ1v) is 6.86. The lowest BCUT2D eigenvalue weighted by Crippen LogP contribution is -2.33. The molecule has 0 fully saturated rings. The summed E-state index contributed by atoms with van der Waals surface area (Å²) in [4.78, 5) is 11.7. The van der Waals surface area contributed by atoms with Gasteiger partial charge in [-0.3, -0.25) is 4.79 Å². The number of para-hydroxylation sites is 1. The summed E-state index contributed by atoms with van der Waals surface area (Å²) >= 11 is 0. The maximum Gasteiger partial charge on any atom is 0.220 e. The Morgan fingerprint density at radius 1 is 1.14 bits per heavy atom. The molecule has 0 atom stereocenters. The first kappa shape index (κ1) is 19.7. The molecule has 0 aliphatic rings. The number of carbonyl (C=O) groups is 1. The van der Waals surface area contributed by atoms with Gasteiger partial charge in [0.15, 0.2) is 0 Å². The molecule has 5 nitrogen and oxygen atoms in total. The summed E-state index contributed by atoms with van der Waals surface area (Å²) in [5.41, 5.74) is 1.06. The van der Waals surface area contributed by atoms with Crippen LogP contribution in [0, 0.1) is 0 Å². The van der Waals surface area contributed by atoms with E-state index < -0.39 is 0 Å². The molecule has 1 aromatic rings. The molecule has 1 amide bonds. The number of halogens is 1. The van der Waals surface area contributed by atoms with Crippen molar-refractivity contribution in [1.82, 2.24) is 10.6 Å². The van der Waals surface area contributed by atoms with Crippen molar-refractivity contribution in [3.05, 3.63) is 29.8 Å². The van der Waals surface area contributed by atoms with Gasteiger partial charge >= 0.3 is 0 Å². The Bertz CT molecular complexity index is 402. The van der Waals surface area contributed by atoms with Gasteiger partial charge in [-0.15, -0.1) is 12.4 Å². The van der Waals surface area contributed by atoms with Crippen molar-refractivity contribution in [3.63, 3.8) is 0 Å². The normalized spacial score (nSPS) is 9.81. The lowest BCUT2D eigenvalue weighted by atomic mass is 10.1. The summed E-state index contributed by atoms with van der Waals surface area (Å²) in [6.45, 7) is 2.87. The van der Waals surface area contributed by atoms with E-state index in [1.54, 1.807) is 14.2 Å². The number of rotatable bonds is 10. The van der Waals surface area contributed by atoms with Crippen LogP contribution < -0.4 is 15.4 Å². The van der Waals surface area contributed by atoms with E-state index in [9.17, 15) is 4.79 Å². The molecular weight excluding hydrogens is 292 g/mol. The molecule has 0 aliphatic carbocycles. The maximum absolute atomic E-state index is 11.7. The zero-order valence-corrected chi connectivity index (χ0v) is 13.5. The minimum Gasteiger partial charge on any atom is -0.496 e. The number of hydrogen-bond donors (Lipinski definition) is 2. The van der Waals surface area contributed by atoms with Gasteiger partial charge in [0, 0.05) is 33.2 Å². The number of nitrogens with one attached hydrogen (secondary N) is 2. The van der Waals surface area contributed by atoms with Crippen molar-refractivity contribution < 1.29 is 14.3 Å². The number of methoxy groups -OCH3 is 2. The third-order valence-corrected chi connectivity index (χ3v) is 2.92. The molecule has 2 N–H and O–H groups in total. The van der Waals surface area contributed by atoms with E-state index in [4.69, 9.17) is 9.47 Å². The number of benzene rings is 1. The quantitative estimate of drug-likeness (QED) is 0.641. The summed E-state index contributed by atoms with van der Waals surface area (Å²) in [6.07, 6.45) is 1.16. The number of aryl methyl sites for hydroxylation is 1. The zero-order chi connectivity index (χ0) is 14.6. The van der Waals surface area contributed by atoms with Gasteiger partial charge < -0.3 is 20.1 Å². The van der Waals surface area contributed by atoms with Gasteiger partial charge in [0.1, 0.15) is 5.75 Å². The molecule has 6 heteroatoms. The highest BCUT2D eigenvalue weighted by Crippen LogP contribution is 2.18. The van der Waals surface area contributed by atoms with E-state index in [1.165, 1.54) is 0 Å². The second-order valence-electron chi connectivity index (χ2n) is 4.40. The van der Waals surface area contributed by atoms with Gasteiger partial charge in [-0.25, -0.2) is 0 Å². The van der Waals surface area contributed by atoms with Crippen LogP contribution in [0.15, 0.2) is 24.3 Å². The monoisotopic (exact) mass is 316 g/mol. The molecule has 0 unspecified atom stereocenters. The molecule has 0 aromatic heterocycles. The lowest BCUT2D eigenvalue weighted by molar-refractivity contribution is -0.121. The third-order valence-electron chi connectivity index (χ3n) is 2.92. The van der Waals surface area contributed by atoms with Crippen LogP contribution in [-0.2, 0) is 16.0 Å². The summed E-state index contributed by atoms with van der Waals surface area (Å²) in [6, 6.07) is 7.77. The van der Waals surface area contributed by atoms with Crippen LogP contribution in [-0.4, -0.2) is 46.4 Å². The molecule has 120 valence electrons. The molecule has 0 saturated carbocycles. The molecule has 0 bridgehead atoms. The number of amides is 1. The highest BCUT2D eigenvalue weighted by atomic mass is 35.5. The summed E-state index contributed by atoms with van der Waals surface area (Å²) in [7, 11) is 3.31. The number of carbonyl (C=O) groups excluding carboxylic acids is 1. The van der Waals surface area contributed by atoms with Crippen LogP contribution in [0.1, 0.15) is 12.0 Å². The molecule has 1 rings (SSSR count). The van der Waals surface area contributed by atoms with Crippen LogP contribution in [0.3, 0.4) is 0 Å². The Hall–Kier alpha value is -1.30. The fraction of sp³-hybridized carbons (Fsp3) is 0.533. The first-order valence-electron chi connectivity index (χ1n) is 6.86. The van der Waals surface area contributed by atoms with Gasteiger partial charge in [-0.1, -0.05) is 18.2 Å². The van der Waals surface area contributed by atoms with Crippen molar-refractivity contribution in [2.24, 2.45) is 0 Å². The predicted octanol–water partition coefficient (Wildman–Crippen LogP) is 1.40. The molecule has 0 spiro atoms. The second-order valence-corrected chi connectivity index (χ2v) is 4.40. The van der Waals surface area contributed by atoms with Crippen molar-refractivity contribution in [2.45, 2.75) is 12.8 Å². The molecule has 0 heterocycles. The average molecular weight is 317 g/mol. The molecule has 0 radical (unpaired) electrons. The van der Waals surface area contributed by atoms with E-state index in [1.807, 2.05) is 24.3 Å². The molecule has 21 heavy (non-hydrogen) atoms. The second kappa shape index (κ2) is 12.4.